The second-order valence-corrected chi connectivity index (χ2v) is 7.76. The summed E-state index contributed by atoms with van der Waals surface area (Å²) in [4.78, 5) is 24.0. The molecule has 9 nitrogen and oxygen atoms in total. The quantitative estimate of drug-likeness (QED) is 0.405. The number of benzene rings is 1. The highest BCUT2D eigenvalue weighted by Crippen LogP contribution is 2.27. The van der Waals surface area contributed by atoms with Crippen molar-refractivity contribution in [1.82, 2.24) is 15.4 Å². The molecule has 0 atom stereocenters. The van der Waals surface area contributed by atoms with Gasteiger partial charge >= 0.3 is 6.36 Å². The summed E-state index contributed by atoms with van der Waals surface area (Å²) < 4.78 is 45.4. The minimum absolute atomic E-state index is 0.0220. The molecule has 30 heavy (non-hydrogen) atoms. The minimum Gasteiger partial charge on any atom is -0.406 e. The van der Waals surface area contributed by atoms with Gasteiger partial charge in [0.25, 0.3) is 5.91 Å². The number of amides is 2. The monoisotopic (exact) mass is 459 g/mol. The molecule has 0 bridgehead atoms. The van der Waals surface area contributed by atoms with E-state index in [1.54, 1.807) is 6.92 Å². The van der Waals surface area contributed by atoms with Gasteiger partial charge in [0.15, 0.2) is 10.0 Å². The molecule has 3 aromatic rings. The molecule has 2 N–H and O–H groups in total. The topological polar surface area (TPSA) is 119 Å². The van der Waals surface area contributed by atoms with Gasteiger partial charge in [0.1, 0.15) is 11.5 Å². The lowest BCUT2D eigenvalue weighted by molar-refractivity contribution is -0.274. The molecule has 14 heteroatoms. The summed E-state index contributed by atoms with van der Waals surface area (Å²) in [6, 6.07) is 6.22. The lowest BCUT2D eigenvalue weighted by Gasteiger charge is -2.09. The molecule has 2 amide bonds. The van der Waals surface area contributed by atoms with Crippen LogP contribution in [-0.2, 0) is 4.79 Å². The van der Waals surface area contributed by atoms with Gasteiger partial charge in [-0.25, -0.2) is 0 Å². The molecule has 0 spiro atoms. The summed E-state index contributed by atoms with van der Waals surface area (Å²) in [5, 5.41) is 16.5. The summed E-state index contributed by atoms with van der Waals surface area (Å²) in [5.74, 6) is -0.828. The Bertz CT molecular complexity index is 1040. The highest BCUT2D eigenvalue weighted by molar-refractivity contribution is 8.01. The van der Waals surface area contributed by atoms with Crippen molar-refractivity contribution in [2.24, 2.45) is 0 Å². The molecule has 2 aromatic heterocycles. The van der Waals surface area contributed by atoms with Crippen molar-refractivity contribution in [3.63, 3.8) is 0 Å². The number of nitrogens with zero attached hydrogens (tertiary/aromatic N) is 3. The Morgan fingerprint density at radius 3 is 2.57 bits per heavy atom. The molecule has 0 saturated heterocycles. The molecule has 2 heterocycles. The van der Waals surface area contributed by atoms with Gasteiger partial charge in [-0.1, -0.05) is 28.3 Å². The van der Waals surface area contributed by atoms with E-state index in [0.717, 1.165) is 35.2 Å². The Hall–Kier alpha value is -3.13. The number of halogens is 3. The number of hydrogen-bond acceptors (Lipinski definition) is 9. The Morgan fingerprint density at radius 1 is 1.20 bits per heavy atom. The number of thioether (sulfide) groups is 1. The van der Waals surface area contributed by atoms with Crippen molar-refractivity contribution in [3.05, 3.63) is 41.8 Å². The first-order valence-electron chi connectivity index (χ1n) is 8.04. The first-order chi connectivity index (χ1) is 14.2. The van der Waals surface area contributed by atoms with Crippen LogP contribution in [0.1, 0.15) is 16.2 Å². The van der Waals surface area contributed by atoms with Crippen molar-refractivity contribution >= 4 is 45.7 Å². The van der Waals surface area contributed by atoms with E-state index in [1.165, 1.54) is 18.2 Å². The molecule has 3 rings (SSSR count). The predicted molar refractivity (Wildman–Crippen MR) is 102 cm³/mol. The number of aryl methyl sites for hydroxylation is 1. The van der Waals surface area contributed by atoms with Crippen LogP contribution in [0.2, 0.25) is 0 Å². The van der Waals surface area contributed by atoms with Gasteiger partial charge in [-0.05, 0) is 31.2 Å². The number of rotatable bonds is 7. The van der Waals surface area contributed by atoms with Crippen LogP contribution in [-0.4, -0.2) is 39.3 Å². The molecule has 158 valence electrons. The average Bonchev–Trinajstić information content (AvgIpc) is 3.29. The van der Waals surface area contributed by atoms with Crippen LogP contribution in [0.15, 0.2) is 39.2 Å². The van der Waals surface area contributed by atoms with E-state index in [9.17, 15) is 22.8 Å². The van der Waals surface area contributed by atoms with Crippen molar-refractivity contribution in [2.75, 3.05) is 16.4 Å². The number of ether oxygens (including phenoxy) is 1. The number of aromatic nitrogens is 3. The second-order valence-electron chi connectivity index (χ2n) is 5.56. The molecule has 0 radical (unpaired) electrons. The van der Waals surface area contributed by atoms with Crippen LogP contribution in [0.5, 0.6) is 5.75 Å². The highest BCUT2D eigenvalue weighted by Gasteiger charge is 2.31. The van der Waals surface area contributed by atoms with Crippen LogP contribution in [0.4, 0.5) is 24.0 Å². The lowest BCUT2D eigenvalue weighted by atomic mass is 10.3. The molecular formula is C16H12F3N5O4S2. The maximum absolute atomic E-state index is 12.1. The van der Waals surface area contributed by atoms with Gasteiger partial charge in [0, 0.05) is 11.8 Å². The van der Waals surface area contributed by atoms with Crippen LogP contribution >= 0.6 is 23.1 Å². The first kappa shape index (κ1) is 21.6. The van der Waals surface area contributed by atoms with E-state index in [4.69, 9.17) is 4.52 Å². The van der Waals surface area contributed by atoms with E-state index in [1.807, 2.05) is 0 Å². The van der Waals surface area contributed by atoms with Gasteiger partial charge in [-0.2, -0.15) is 0 Å². The van der Waals surface area contributed by atoms with Gasteiger partial charge in [0.05, 0.1) is 5.75 Å². The minimum atomic E-state index is -4.78. The summed E-state index contributed by atoms with van der Waals surface area (Å²) in [5.41, 5.74) is 0.408. The third-order valence-corrected chi connectivity index (χ3v) is 5.16. The van der Waals surface area contributed by atoms with Gasteiger partial charge in [-0.3, -0.25) is 14.9 Å². The maximum Gasteiger partial charge on any atom is 0.573 e. The molecule has 0 unspecified atom stereocenters. The van der Waals surface area contributed by atoms with Gasteiger partial charge in [0.2, 0.25) is 11.0 Å². The zero-order valence-corrected chi connectivity index (χ0v) is 16.7. The Kier molecular flexibility index (Phi) is 6.56. The molecule has 0 fully saturated rings. The smallest absolute Gasteiger partial charge is 0.406 e. The molecule has 0 aliphatic heterocycles. The third kappa shape index (κ3) is 6.45. The molecule has 1 aromatic carbocycles. The van der Waals surface area contributed by atoms with E-state index in [2.05, 4.69) is 30.7 Å². The Balaban J connectivity index is 1.46. The highest BCUT2D eigenvalue weighted by atomic mass is 32.2. The van der Waals surface area contributed by atoms with E-state index in [0.29, 0.717) is 15.8 Å². The number of carbonyl (C=O) groups is 2. The molecular weight excluding hydrogens is 447 g/mol. The van der Waals surface area contributed by atoms with Crippen LogP contribution in [0.25, 0.3) is 0 Å². The zero-order chi connectivity index (χ0) is 21.7. The molecule has 0 saturated carbocycles. The average molecular weight is 459 g/mol. The van der Waals surface area contributed by atoms with Crippen LogP contribution in [0.3, 0.4) is 0 Å². The van der Waals surface area contributed by atoms with Crippen molar-refractivity contribution in [3.8, 4) is 5.75 Å². The summed E-state index contributed by atoms with van der Waals surface area (Å²) in [7, 11) is 0. The molecule has 0 aliphatic rings. The fourth-order valence-electron chi connectivity index (χ4n) is 2.02. The summed E-state index contributed by atoms with van der Waals surface area (Å²) >= 11 is 2.15. The van der Waals surface area contributed by atoms with Crippen LogP contribution < -0.4 is 15.4 Å². The Morgan fingerprint density at radius 2 is 1.93 bits per heavy atom. The van der Waals surface area contributed by atoms with Crippen molar-refractivity contribution in [2.45, 2.75) is 17.6 Å². The third-order valence-electron chi connectivity index (χ3n) is 3.19. The number of anilines is 2. The van der Waals surface area contributed by atoms with E-state index < -0.39 is 18.2 Å². The number of carbonyl (C=O) groups excluding carboxylic acids is 2. The summed E-state index contributed by atoms with van der Waals surface area (Å²) in [6.07, 6.45) is -4.78. The molecule has 0 aliphatic carbocycles. The predicted octanol–water partition coefficient (Wildman–Crippen LogP) is 3.72. The van der Waals surface area contributed by atoms with E-state index in [-0.39, 0.29) is 22.3 Å². The van der Waals surface area contributed by atoms with Gasteiger partial charge < -0.3 is 14.6 Å². The normalized spacial score (nSPS) is 11.2. The zero-order valence-electron chi connectivity index (χ0n) is 15.0. The van der Waals surface area contributed by atoms with Crippen molar-refractivity contribution in [1.29, 1.82) is 0 Å². The maximum atomic E-state index is 12.1. The first-order valence-corrected chi connectivity index (χ1v) is 9.85. The SMILES string of the molecule is Cc1cc(C(=O)Nc2nnc(SCC(=O)Nc3ccc(OC(F)(F)F)cc3)s2)no1. The fraction of sp³-hybridized carbons (Fsp3) is 0.188. The van der Waals surface area contributed by atoms with Crippen molar-refractivity contribution < 1.29 is 32.0 Å². The van der Waals surface area contributed by atoms with Crippen LogP contribution in [0, 0.1) is 6.92 Å². The fourth-order valence-corrected chi connectivity index (χ4v) is 3.56. The lowest BCUT2D eigenvalue weighted by Crippen LogP contribution is -2.17. The largest absolute Gasteiger partial charge is 0.573 e. The number of alkyl halides is 3. The number of hydrogen-bond donors (Lipinski definition) is 2. The van der Waals surface area contributed by atoms with Gasteiger partial charge in [-0.15, -0.1) is 23.4 Å². The standard InChI is InChI=1S/C16H12F3N5O4S2/c1-8-6-11(24-28-8)13(26)21-14-22-23-15(30-14)29-7-12(25)20-9-2-4-10(5-3-9)27-16(17,18)19/h2-6H,7H2,1H3,(H,20,25)(H,21,22,26). The number of nitrogens with one attached hydrogen (secondary N) is 2. The van der Waals surface area contributed by atoms with E-state index >= 15 is 0 Å². The second kappa shape index (κ2) is 9.13. The summed E-state index contributed by atoms with van der Waals surface area (Å²) in [6.45, 7) is 1.65. The Labute approximate surface area is 175 Å².